The molecule has 2 aromatic carbocycles. The van der Waals surface area contributed by atoms with Crippen molar-refractivity contribution in [3.05, 3.63) is 64.7 Å². The van der Waals surface area contributed by atoms with Crippen LogP contribution in [-0.4, -0.2) is 30.8 Å². The SMILES string of the molecule is COc1cc(/C=N\NC(=O)Cc2csc(Nc3cccc(C(F)(F)F)c3)n2)ccc1OCC#N. The summed E-state index contributed by atoms with van der Waals surface area (Å²) < 4.78 is 49.0. The van der Waals surface area contributed by atoms with Gasteiger partial charge in [0.25, 0.3) is 0 Å². The molecule has 0 aliphatic heterocycles. The summed E-state index contributed by atoms with van der Waals surface area (Å²) in [5.41, 5.74) is 2.92. The molecule has 1 heterocycles. The van der Waals surface area contributed by atoms with E-state index < -0.39 is 17.6 Å². The lowest BCUT2D eigenvalue weighted by Gasteiger charge is -2.09. The first kappa shape index (κ1) is 24.5. The Morgan fingerprint density at radius 2 is 2.09 bits per heavy atom. The highest BCUT2D eigenvalue weighted by Crippen LogP contribution is 2.32. The van der Waals surface area contributed by atoms with Gasteiger partial charge in [0.1, 0.15) is 6.07 Å². The Balaban J connectivity index is 1.54. The summed E-state index contributed by atoms with van der Waals surface area (Å²) in [4.78, 5) is 16.4. The molecule has 1 amide bonds. The van der Waals surface area contributed by atoms with Crippen LogP contribution in [0.1, 0.15) is 16.8 Å². The smallest absolute Gasteiger partial charge is 0.416 e. The topological polar surface area (TPSA) is 109 Å². The van der Waals surface area contributed by atoms with Gasteiger partial charge in [-0.2, -0.15) is 23.5 Å². The van der Waals surface area contributed by atoms with Crippen LogP contribution in [0.5, 0.6) is 11.5 Å². The van der Waals surface area contributed by atoms with Crippen molar-refractivity contribution in [2.24, 2.45) is 5.10 Å². The molecule has 12 heteroatoms. The van der Waals surface area contributed by atoms with Gasteiger partial charge in [-0.15, -0.1) is 11.3 Å². The Hall–Kier alpha value is -4.11. The minimum atomic E-state index is -4.44. The molecule has 2 N–H and O–H groups in total. The minimum absolute atomic E-state index is 0.0671. The van der Waals surface area contributed by atoms with Gasteiger partial charge < -0.3 is 14.8 Å². The van der Waals surface area contributed by atoms with E-state index in [1.165, 1.54) is 25.5 Å². The zero-order chi connectivity index (χ0) is 24.6. The Bertz CT molecular complexity index is 1220. The van der Waals surface area contributed by atoms with E-state index in [0.717, 1.165) is 23.5 Å². The lowest BCUT2D eigenvalue weighted by molar-refractivity contribution is -0.137. The first-order chi connectivity index (χ1) is 16.3. The molecule has 0 aliphatic rings. The summed E-state index contributed by atoms with van der Waals surface area (Å²) >= 11 is 1.16. The number of thiazole rings is 1. The number of aromatic nitrogens is 1. The molecule has 0 radical (unpaired) electrons. The van der Waals surface area contributed by atoms with Crippen LogP contribution in [0.4, 0.5) is 24.0 Å². The van der Waals surface area contributed by atoms with Crippen molar-refractivity contribution in [1.29, 1.82) is 5.26 Å². The number of nitrogens with zero attached hydrogens (tertiary/aromatic N) is 3. The molecule has 0 aliphatic carbocycles. The van der Waals surface area contributed by atoms with Crippen molar-refractivity contribution in [3.8, 4) is 17.6 Å². The number of amides is 1. The molecule has 0 atom stereocenters. The monoisotopic (exact) mass is 489 g/mol. The summed E-state index contributed by atoms with van der Waals surface area (Å²) in [5, 5.41) is 17.3. The van der Waals surface area contributed by atoms with Crippen molar-refractivity contribution >= 4 is 34.3 Å². The number of carbonyl (C=O) groups is 1. The van der Waals surface area contributed by atoms with Crippen LogP contribution in [0.25, 0.3) is 0 Å². The molecular formula is C22H18F3N5O3S. The molecule has 3 rings (SSSR count). The molecule has 0 saturated heterocycles. The average molecular weight is 489 g/mol. The number of benzene rings is 2. The molecule has 1 aromatic heterocycles. The summed E-state index contributed by atoms with van der Waals surface area (Å²) in [5.74, 6) is 0.394. The van der Waals surface area contributed by atoms with E-state index in [1.807, 2.05) is 6.07 Å². The Morgan fingerprint density at radius 3 is 2.82 bits per heavy atom. The van der Waals surface area contributed by atoms with Crippen LogP contribution < -0.4 is 20.2 Å². The highest BCUT2D eigenvalue weighted by molar-refractivity contribution is 7.13. The van der Waals surface area contributed by atoms with Crippen LogP contribution in [0.3, 0.4) is 0 Å². The van der Waals surface area contributed by atoms with Gasteiger partial charge in [-0.1, -0.05) is 6.07 Å². The molecular weight excluding hydrogens is 471 g/mol. The van der Waals surface area contributed by atoms with Gasteiger partial charge in [0.15, 0.2) is 23.2 Å². The number of alkyl halides is 3. The summed E-state index contributed by atoms with van der Waals surface area (Å²) in [7, 11) is 1.46. The van der Waals surface area contributed by atoms with Crippen molar-refractivity contribution in [2.75, 3.05) is 19.0 Å². The normalized spacial score (nSPS) is 11.1. The lowest BCUT2D eigenvalue weighted by atomic mass is 10.2. The highest BCUT2D eigenvalue weighted by atomic mass is 32.1. The van der Waals surface area contributed by atoms with Gasteiger partial charge in [0.2, 0.25) is 5.91 Å². The fourth-order valence-corrected chi connectivity index (χ4v) is 3.45. The van der Waals surface area contributed by atoms with Crippen molar-refractivity contribution in [1.82, 2.24) is 10.4 Å². The van der Waals surface area contributed by atoms with Gasteiger partial charge in [0, 0.05) is 11.1 Å². The number of nitriles is 1. The third-order valence-electron chi connectivity index (χ3n) is 4.22. The van der Waals surface area contributed by atoms with E-state index in [-0.39, 0.29) is 18.7 Å². The number of methoxy groups -OCH3 is 1. The highest BCUT2D eigenvalue weighted by Gasteiger charge is 2.30. The molecule has 8 nitrogen and oxygen atoms in total. The predicted octanol–water partition coefficient (Wildman–Crippen LogP) is 4.51. The average Bonchev–Trinajstić information content (AvgIpc) is 3.24. The number of hydrogen-bond donors (Lipinski definition) is 2. The van der Waals surface area contributed by atoms with Gasteiger partial charge in [-0.3, -0.25) is 4.79 Å². The van der Waals surface area contributed by atoms with Crippen LogP contribution >= 0.6 is 11.3 Å². The van der Waals surface area contributed by atoms with E-state index in [9.17, 15) is 18.0 Å². The Labute approximate surface area is 196 Å². The van der Waals surface area contributed by atoms with Crippen molar-refractivity contribution < 1.29 is 27.4 Å². The maximum atomic E-state index is 12.8. The van der Waals surface area contributed by atoms with Crippen LogP contribution in [0, 0.1) is 11.3 Å². The fourth-order valence-electron chi connectivity index (χ4n) is 2.72. The number of hydrogen-bond acceptors (Lipinski definition) is 8. The van der Waals surface area contributed by atoms with Crippen molar-refractivity contribution in [3.63, 3.8) is 0 Å². The molecule has 176 valence electrons. The molecule has 0 spiro atoms. The minimum Gasteiger partial charge on any atom is -0.493 e. The van der Waals surface area contributed by atoms with Gasteiger partial charge >= 0.3 is 6.18 Å². The second kappa shape index (κ2) is 11.2. The van der Waals surface area contributed by atoms with Gasteiger partial charge in [0.05, 0.1) is 31.0 Å². The summed E-state index contributed by atoms with van der Waals surface area (Å²) in [6.45, 7) is -0.117. The zero-order valence-electron chi connectivity index (χ0n) is 17.7. The molecule has 0 unspecified atom stereocenters. The lowest BCUT2D eigenvalue weighted by Crippen LogP contribution is -2.19. The second-order valence-electron chi connectivity index (χ2n) is 6.67. The maximum Gasteiger partial charge on any atom is 0.416 e. The number of ether oxygens (including phenoxy) is 2. The number of rotatable bonds is 9. The Morgan fingerprint density at radius 1 is 1.26 bits per heavy atom. The van der Waals surface area contributed by atoms with E-state index >= 15 is 0 Å². The quantitative estimate of drug-likeness (QED) is 0.338. The van der Waals surface area contributed by atoms with E-state index in [4.69, 9.17) is 14.7 Å². The van der Waals surface area contributed by atoms with Crippen LogP contribution in [0.2, 0.25) is 0 Å². The van der Waals surface area contributed by atoms with Crippen LogP contribution in [-0.2, 0) is 17.4 Å². The van der Waals surface area contributed by atoms with E-state index in [1.54, 1.807) is 23.6 Å². The number of hydrazone groups is 1. The number of anilines is 2. The molecule has 0 fully saturated rings. The Kier molecular flexibility index (Phi) is 8.05. The van der Waals surface area contributed by atoms with Crippen molar-refractivity contribution in [2.45, 2.75) is 12.6 Å². The third kappa shape index (κ3) is 6.94. The molecule has 0 saturated carbocycles. The van der Waals surface area contributed by atoms with E-state index in [0.29, 0.717) is 27.9 Å². The second-order valence-corrected chi connectivity index (χ2v) is 7.53. The number of carbonyl (C=O) groups excluding carboxylic acids is 1. The molecule has 3 aromatic rings. The van der Waals surface area contributed by atoms with Crippen LogP contribution in [0.15, 0.2) is 52.9 Å². The first-order valence-corrected chi connectivity index (χ1v) is 10.5. The van der Waals surface area contributed by atoms with E-state index in [2.05, 4.69) is 20.8 Å². The maximum absolute atomic E-state index is 12.8. The summed E-state index contributed by atoms with van der Waals surface area (Å²) in [6, 6.07) is 11.6. The van der Waals surface area contributed by atoms with Gasteiger partial charge in [-0.05, 0) is 42.0 Å². The van der Waals surface area contributed by atoms with Gasteiger partial charge in [-0.25, -0.2) is 10.4 Å². The fraction of sp³-hybridized carbons (Fsp3) is 0.182. The third-order valence-corrected chi connectivity index (χ3v) is 5.02. The number of nitrogens with one attached hydrogen (secondary N) is 2. The molecule has 34 heavy (non-hydrogen) atoms. The first-order valence-electron chi connectivity index (χ1n) is 9.67. The largest absolute Gasteiger partial charge is 0.493 e. The molecule has 0 bridgehead atoms. The standard InChI is InChI=1S/C22H18F3N5O3S/c1-32-19-9-14(5-6-18(19)33-8-7-26)12-27-30-20(31)11-17-13-34-21(29-17)28-16-4-2-3-15(10-16)22(23,24)25/h2-6,9-10,12-13H,8,11H2,1H3,(H,28,29)(H,30,31)/b27-12-. The number of halogens is 3. The summed E-state index contributed by atoms with van der Waals surface area (Å²) in [6.07, 6.45) is -3.10. The predicted molar refractivity (Wildman–Crippen MR) is 120 cm³/mol. The zero-order valence-corrected chi connectivity index (χ0v) is 18.5.